The second-order valence-electron chi connectivity index (χ2n) is 4.20. The summed E-state index contributed by atoms with van der Waals surface area (Å²) in [5.41, 5.74) is 0.508. The Hall–Kier alpha value is -1.20. The fourth-order valence-electron chi connectivity index (χ4n) is 1.66. The predicted octanol–water partition coefficient (Wildman–Crippen LogP) is 3.51. The molecule has 20 heavy (non-hydrogen) atoms. The number of nitriles is 1. The molecule has 0 aromatic carbocycles. The first kappa shape index (κ1) is 15.2. The van der Waals surface area contributed by atoms with Crippen molar-refractivity contribution in [3.8, 4) is 6.07 Å². The summed E-state index contributed by atoms with van der Waals surface area (Å²) in [4.78, 5) is 15.1. The lowest BCUT2D eigenvalue weighted by molar-refractivity contribution is -0.117. The summed E-state index contributed by atoms with van der Waals surface area (Å²) >= 11 is 6.44. The molecule has 1 N–H and O–H groups in total. The summed E-state index contributed by atoms with van der Waals surface area (Å²) in [6, 6.07) is 7.79. The monoisotopic (exact) mass is 369 g/mol. The van der Waals surface area contributed by atoms with Gasteiger partial charge in [0.25, 0.3) is 0 Å². The molecule has 2 aromatic heterocycles. The van der Waals surface area contributed by atoms with Crippen molar-refractivity contribution < 1.29 is 4.79 Å². The molecule has 0 spiro atoms. The van der Waals surface area contributed by atoms with E-state index >= 15 is 0 Å². The molecule has 0 radical (unpaired) electrons. The van der Waals surface area contributed by atoms with E-state index in [0.717, 1.165) is 10.3 Å². The minimum absolute atomic E-state index is 0.109. The molecule has 2 aromatic rings. The van der Waals surface area contributed by atoms with Crippen molar-refractivity contribution in [3.63, 3.8) is 0 Å². The third-order valence-corrected chi connectivity index (χ3v) is 4.95. The third kappa shape index (κ3) is 4.15. The number of nitrogens with zero attached hydrogens (tertiary/aromatic N) is 2. The molecule has 0 saturated heterocycles. The molecule has 0 aliphatic carbocycles. The van der Waals surface area contributed by atoms with E-state index in [2.05, 4.69) is 27.3 Å². The smallest absolute Gasteiger partial charge is 0.239 e. The minimum Gasteiger partial charge on any atom is -0.315 e. The molecular formula is C13H12BrN3OS2. The number of likely N-dealkylation sites (N-methyl/N-ethyl adjacent to an activating group) is 1. The predicted molar refractivity (Wildman–Crippen MR) is 86.0 cm³/mol. The van der Waals surface area contributed by atoms with Gasteiger partial charge in [0.05, 0.1) is 15.9 Å². The largest absolute Gasteiger partial charge is 0.315 e. The van der Waals surface area contributed by atoms with Crippen LogP contribution in [-0.2, 0) is 11.3 Å². The summed E-state index contributed by atoms with van der Waals surface area (Å²) in [5.74, 6) is -0.109. The Morgan fingerprint density at radius 3 is 2.95 bits per heavy atom. The second kappa shape index (κ2) is 6.99. The number of hydrogen-bond donors (Lipinski definition) is 1. The van der Waals surface area contributed by atoms with E-state index in [9.17, 15) is 4.79 Å². The van der Waals surface area contributed by atoms with Crippen molar-refractivity contribution in [1.82, 2.24) is 4.90 Å². The molecule has 0 fully saturated rings. The average molecular weight is 370 g/mol. The van der Waals surface area contributed by atoms with Gasteiger partial charge in [0.1, 0.15) is 11.1 Å². The Bertz CT molecular complexity index is 644. The van der Waals surface area contributed by atoms with Crippen molar-refractivity contribution in [2.45, 2.75) is 6.54 Å². The van der Waals surface area contributed by atoms with Gasteiger partial charge in [0.2, 0.25) is 5.91 Å². The number of thiophene rings is 2. The Morgan fingerprint density at radius 2 is 2.30 bits per heavy atom. The lowest BCUT2D eigenvalue weighted by Gasteiger charge is -2.14. The van der Waals surface area contributed by atoms with Crippen LogP contribution in [0.3, 0.4) is 0 Å². The van der Waals surface area contributed by atoms with Crippen molar-refractivity contribution in [2.24, 2.45) is 0 Å². The first-order valence-corrected chi connectivity index (χ1v) is 8.27. The zero-order chi connectivity index (χ0) is 14.5. The summed E-state index contributed by atoms with van der Waals surface area (Å²) in [6.45, 7) is 1.01. The van der Waals surface area contributed by atoms with Gasteiger partial charge in [-0.25, -0.2) is 0 Å². The molecule has 1 amide bonds. The highest BCUT2D eigenvalue weighted by molar-refractivity contribution is 9.11. The number of carbonyl (C=O) groups is 1. The van der Waals surface area contributed by atoms with Crippen LogP contribution >= 0.6 is 38.6 Å². The van der Waals surface area contributed by atoms with Crippen LogP contribution < -0.4 is 5.32 Å². The molecule has 7 heteroatoms. The Labute approximate surface area is 133 Å². The van der Waals surface area contributed by atoms with Crippen LogP contribution in [0.15, 0.2) is 27.4 Å². The highest BCUT2D eigenvalue weighted by Crippen LogP contribution is 2.23. The average Bonchev–Trinajstić information content (AvgIpc) is 2.98. The lowest BCUT2D eigenvalue weighted by atomic mass is 10.3. The topological polar surface area (TPSA) is 56.1 Å². The molecule has 0 saturated carbocycles. The maximum Gasteiger partial charge on any atom is 0.239 e. The van der Waals surface area contributed by atoms with Gasteiger partial charge in [-0.1, -0.05) is 0 Å². The fraction of sp³-hybridized carbons (Fsp3) is 0.231. The number of anilines is 1. The molecule has 4 nitrogen and oxygen atoms in total. The van der Waals surface area contributed by atoms with Gasteiger partial charge in [-0.15, -0.1) is 22.7 Å². The number of amides is 1. The van der Waals surface area contributed by atoms with E-state index in [4.69, 9.17) is 5.26 Å². The van der Waals surface area contributed by atoms with Crippen molar-refractivity contribution in [2.75, 3.05) is 18.9 Å². The molecule has 0 aliphatic rings. The van der Waals surface area contributed by atoms with Crippen LogP contribution in [-0.4, -0.2) is 24.4 Å². The molecule has 0 atom stereocenters. The zero-order valence-electron chi connectivity index (χ0n) is 10.7. The molecule has 0 unspecified atom stereocenters. The van der Waals surface area contributed by atoms with Crippen LogP contribution in [0, 0.1) is 11.3 Å². The zero-order valence-corrected chi connectivity index (χ0v) is 13.9. The minimum atomic E-state index is -0.109. The SMILES string of the molecule is CN(CC(=O)Nc1sccc1C#N)Cc1ccc(Br)s1. The third-order valence-electron chi connectivity index (χ3n) is 2.51. The highest BCUT2D eigenvalue weighted by Gasteiger charge is 2.11. The van der Waals surface area contributed by atoms with Gasteiger partial charge < -0.3 is 5.32 Å². The molecule has 0 aliphatic heterocycles. The number of rotatable bonds is 5. The van der Waals surface area contributed by atoms with Crippen LogP contribution in [0.25, 0.3) is 0 Å². The number of halogens is 1. The van der Waals surface area contributed by atoms with E-state index < -0.39 is 0 Å². The summed E-state index contributed by atoms with van der Waals surface area (Å²) in [7, 11) is 1.90. The molecule has 2 rings (SSSR count). The summed E-state index contributed by atoms with van der Waals surface area (Å²) in [6.07, 6.45) is 0. The van der Waals surface area contributed by atoms with Gasteiger partial charge in [0, 0.05) is 11.4 Å². The van der Waals surface area contributed by atoms with Crippen LogP contribution in [0.4, 0.5) is 5.00 Å². The fourth-order valence-corrected chi connectivity index (χ4v) is 3.98. The number of hydrogen-bond acceptors (Lipinski definition) is 5. The van der Waals surface area contributed by atoms with E-state index in [1.807, 2.05) is 24.1 Å². The van der Waals surface area contributed by atoms with E-state index in [0.29, 0.717) is 10.6 Å². The maximum atomic E-state index is 11.9. The number of nitrogens with one attached hydrogen (secondary N) is 1. The van der Waals surface area contributed by atoms with Crippen molar-refractivity contribution in [3.05, 3.63) is 37.8 Å². The first-order chi connectivity index (χ1) is 9.58. The van der Waals surface area contributed by atoms with Gasteiger partial charge >= 0.3 is 0 Å². The van der Waals surface area contributed by atoms with Gasteiger partial charge in [-0.05, 0) is 46.6 Å². The Balaban J connectivity index is 1.87. The second-order valence-corrected chi connectivity index (χ2v) is 7.67. The molecule has 0 bridgehead atoms. The van der Waals surface area contributed by atoms with Gasteiger partial charge in [0.15, 0.2) is 0 Å². The molecular weight excluding hydrogens is 358 g/mol. The van der Waals surface area contributed by atoms with E-state index in [-0.39, 0.29) is 12.5 Å². The van der Waals surface area contributed by atoms with Crippen LogP contribution in [0.1, 0.15) is 10.4 Å². The Kier molecular flexibility index (Phi) is 5.31. The highest BCUT2D eigenvalue weighted by atomic mass is 79.9. The normalized spacial score (nSPS) is 10.5. The Morgan fingerprint density at radius 1 is 1.50 bits per heavy atom. The first-order valence-electron chi connectivity index (χ1n) is 5.78. The van der Waals surface area contributed by atoms with Crippen LogP contribution in [0.2, 0.25) is 0 Å². The molecule has 104 valence electrons. The van der Waals surface area contributed by atoms with Gasteiger partial charge in [-0.2, -0.15) is 5.26 Å². The summed E-state index contributed by atoms with van der Waals surface area (Å²) < 4.78 is 1.09. The van der Waals surface area contributed by atoms with Gasteiger partial charge in [-0.3, -0.25) is 9.69 Å². The maximum absolute atomic E-state index is 11.9. The van der Waals surface area contributed by atoms with Crippen LogP contribution in [0.5, 0.6) is 0 Å². The van der Waals surface area contributed by atoms with Crippen molar-refractivity contribution in [1.29, 1.82) is 5.26 Å². The van der Waals surface area contributed by atoms with E-state index in [1.54, 1.807) is 22.8 Å². The lowest BCUT2D eigenvalue weighted by Crippen LogP contribution is -2.29. The molecule has 2 heterocycles. The standard InChI is InChI=1S/C13H12BrN3OS2/c1-17(7-10-2-3-11(14)20-10)8-12(18)16-13-9(6-15)4-5-19-13/h2-5H,7-8H2,1H3,(H,16,18). The quantitative estimate of drug-likeness (QED) is 0.876. The van der Waals surface area contributed by atoms with E-state index in [1.165, 1.54) is 16.2 Å². The summed E-state index contributed by atoms with van der Waals surface area (Å²) in [5, 5.41) is 14.1. The number of carbonyl (C=O) groups excluding carboxylic acids is 1. The van der Waals surface area contributed by atoms with Crippen molar-refractivity contribution >= 4 is 49.5 Å².